The lowest BCUT2D eigenvalue weighted by Gasteiger charge is -2.08. The van der Waals surface area contributed by atoms with Crippen molar-refractivity contribution in [1.29, 1.82) is 0 Å². The number of hydrogen-bond acceptors (Lipinski definition) is 3. The Hall–Kier alpha value is -2.11. The van der Waals surface area contributed by atoms with Gasteiger partial charge < -0.3 is 4.74 Å². The lowest BCUT2D eigenvalue weighted by molar-refractivity contribution is -0.137. The number of hydrogen-bond donors (Lipinski definition) is 0. The van der Waals surface area contributed by atoms with Crippen molar-refractivity contribution in [1.82, 2.24) is 10.2 Å². The van der Waals surface area contributed by atoms with E-state index in [9.17, 15) is 13.2 Å². The SMILES string of the molecule is FC(F)(F)c1cccc(Oc2cccnn2)c1. The van der Waals surface area contributed by atoms with Crippen LogP contribution >= 0.6 is 0 Å². The summed E-state index contributed by atoms with van der Waals surface area (Å²) in [4.78, 5) is 0. The van der Waals surface area contributed by atoms with Crippen molar-refractivity contribution in [3.8, 4) is 11.6 Å². The zero-order chi connectivity index (χ0) is 12.3. The van der Waals surface area contributed by atoms with E-state index < -0.39 is 11.7 Å². The molecule has 0 amide bonds. The van der Waals surface area contributed by atoms with Crippen LogP contribution in [0.15, 0.2) is 42.6 Å². The molecule has 17 heavy (non-hydrogen) atoms. The van der Waals surface area contributed by atoms with Gasteiger partial charge in [0.1, 0.15) is 5.75 Å². The van der Waals surface area contributed by atoms with Gasteiger partial charge in [0.05, 0.1) is 5.56 Å². The average molecular weight is 240 g/mol. The Morgan fingerprint density at radius 3 is 2.53 bits per heavy atom. The maximum Gasteiger partial charge on any atom is 0.416 e. The molecular formula is C11H7F3N2O. The molecule has 0 saturated carbocycles. The lowest BCUT2D eigenvalue weighted by atomic mass is 10.2. The van der Waals surface area contributed by atoms with E-state index in [1.165, 1.54) is 24.4 Å². The van der Waals surface area contributed by atoms with Crippen LogP contribution < -0.4 is 4.74 Å². The van der Waals surface area contributed by atoms with Gasteiger partial charge in [0.2, 0.25) is 5.88 Å². The third kappa shape index (κ3) is 2.93. The number of ether oxygens (including phenoxy) is 1. The Labute approximate surface area is 94.9 Å². The second kappa shape index (κ2) is 4.40. The first kappa shape index (κ1) is 11.4. The molecule has 88 valence electrons. The van der Waals surface area contributed by atoms with Crippen LogP contribution in [0.25, 0.3) is 0 Å². The van der Waals surface area contributed by atoms with E-state index in [1.54, 1.807) is 6.07 Å². The van der Waals surface area contributed by atoms with Crippen molar-refractivity contribution in [3.05, 3.63) is 48.2 Å². The topological polar surface area (TPSA) is 35.0 Å². The number of alkyl halides is 3. The molecule has 0 aliphatic carbocycles. The van der Waals surface area contributed by atoms with E-state index in [1.807, 2.05) is 0 Å². The molecule has 1 aromatic heterocycles. The molecule has 2 rings (SSSR count). The third-order valence-corrected chi connectivity index (χ3v) is 1.93. The summed E-state index contributed by atoms with van der Waals surface area (Å²) in [7, 11) is 0. The summed E-state index contributed by atoms with van der Waals surface area (Å²) in [6, 6.07) is 7.67. The number of aromatic nitrogens is 2. The normalized spacial score (nSPS) is 11.2. The van der Waals surface area contributed by atoms with Crippen molar-refractivity contribution in [2.24, 2.45) is 0 Å². The number of halogens is 3. The molecule has 1 heterocycles. The predicted octanol–water partition coefficient (Wildman–Crippen LogP) is 3.29. The summed E-state index contributed by atoms with van der Waals surface area (Å²) in [6.45, 7) is 0. The van der Waals surface area contributed by atoms with Gasteiger partial charge in [-0.2, -0.15) is 18.3 Å². The van der Waals surface area contributed by atoms with Gasteiger partial charge in [-0.3, -0.25) is 0 Å². The van der Waals surface area contributed by atoms with Gasteiger partial charge in [0, 0.05) is 12.3 Å². The molecule has 6 heteroatoms. The summed E-state index contributed by atoms with van der Waals surface area (Å²) >= 11 is 0. The highest BCUT2D eigenvalue weighted by atomic mass is 19.4. The molecule has 0 aliphatic heterocycles. The summed E-state index contributed by atoms with van der Waals surface area (Å²) in [5.74, 6) is 0.215. The summed E-state index contributed by atoms with van der Waals surface area (Å²) < 4.78 is 42.4. The number of benzene rings is 1. The van der Waals surface area contributed by atoms with Crippen LogP contribution in [0.2, 0.25) is 0 Å². The van der Waals surface area contributed by atoms with E-state index in [0.29, 0.717) is 0 Å². The smallest absolute Gasteiger partial charge is 0.416 e. The van der Waals surface area contributed by atoms with Crippen LogP contribution in [-0.4, -0.2) is 10.2 Å². The molecule has 0 bridgehead atoms. The van der Waals surface area contributed by atoms with Crippen molar-refractivity contribution in [2.45, 2.75) is 6.18 Å². The van der Waals surface area contributed by atoms with Crippen LogP contribution in [0.1, 0.15) is 5.56 Å². The summed E-state index contributed by atoms with van der Waals surface area (Å²) in [5.41, 5.74) is -0.765. The molecule has 0 saturated heterocycles. The molecule has 0 radical (unpaired) electrons. The second-order valence-electron chi connectivity index (χ2n) is 3.19. The first-order valence-electron chi connectivity index (χ1n) is 4.68. The monoisotopic (exact) mass is 240 g/mol. The number of rotatable bonds is 2. The molecule has 0 fully saturated rings. The standard InChI is InChI=1S/C11H7F3N2O/c12-11(13,14)8-3-1-4-9(7-8)17-10-5-2-6-15-16-10/h1-7H. The minimum Gasteiger partial charge on any atom is -0.438 e. The van der Waals surface area contributed by atoms with Crippen LogP contribution in [0.4, 0.5) is 13.2 Å². The van der Waals surface area contributed by atoms with Gasteiger partial charge in [-0.05, 0) is 24.3 Å². The maximum atomic E-state index is 12.4. The quantitative estimate of drug-likeness (QED) is 0.807. The van der Waals surface area contributed by atoms with Crippen molar-refractivity contribution >= 4 is 0 Å². The van der Waals surface area contributed by atoms with Gasteiger partial charge in [-0.1, -0.05) is 6.07 Å². The van der Waals surface area contributed by atoms with Gasteiger partial charge in [0.25, 0.3) is 0 Å². The molecule has 0 atom stereocenters. The molecule has 2 aromatic rings. The molecule has 3 nitrogen and oxygen atoms in total. The number of nitrogens with zero attached hydrogens (tertiary/aromatic N) is 2. The molecular weight excluding hydrogens is 233 g/mol. The Balaban J connectivity index is 2.23. The summed E-state index contributed by atoms with van der Waals surface area (Å²) in [6.07, 6.45) is -2.94. The fourth-order valence-electron chi connectivity index (χ4n) is 1.20. The van der Waals surface area contributed by atoms with Gasteiger partial charge in [0.15, 0.2) is 0 Å². The van der Waals surface area contributed by atoms with Crippen molar-refractivity contribution in [3.63, 3.8) is 0 Å². The Bertz CT molecular complexity index is 500. The van der Waals surface area contributed by atoms with E-state index in [0.717, 1.165) is 12.1 Å². The minimum atomic E-state index is -4.39. The van der Waals surface area contributed by atoms with E-state index in [-0.39, 0.29) is 11.6 Å². The zero-order valence-electron chi connectivity index (χ0n) is 8.48. The Kier molecular flexibility index (Phi) is 2.95. The average Bonchev–Trinajstić information content (AvgIpc) is 2.29. The van der Waals surface area contributed by atoms with Crippen LogP contribution in [0.3, 0.4) is 0 Å². The lowest BCUT2D eigenvalue weighted by Crippen LogP contribution is -2.04. The van der Waals surface area contributed by atoms with E-state index >= 15 is 0 Å². The van der Waals surface area contributed by atoms with Crippen molar-refractivity contribution in [2.75, 3.05) is 0 Å². The minimum absolute atomic E-state index is 0.0697. The van der Waals surface area contributed by atoms with Crippen LogP contribution in [0.5, 0.6) is 11.6 Å². The first-order valence-corrected chi connectivity index (χ1v) is 4.68. The zero-order valence-corrected chi connectivity index (χ0v) is 8.48. The maximum absolute atomic E-state index is 12.4. The summed E-state index contributed by atoms with van der Waals surface area (Å²) in [5, 5.41) is 7.17. The van der Waals surface area contributed by atoms with Crippen LogP contribution in [0, 0.1) is 0 Å². The second-order valence-corrected chi connectivity index (χ2v) is 3.19. The molecule has 0 spiro atoms. The molecule has 0 N–H and O–H groups in total. The van der Waals surface area contributed by atoms with Gasteiger partial charge in [-0.25, -0.2) is 0 Å². The predicted molar refractivity (Wildman–Crippen MR) is 53.6 cm³/mol. The molecule has 0 unspecified atom stereocenters. The van der Waals surface area contributed by atoms with E-state index in [2.05, 4.69) is 10.2 Å². The highest BCUT2D eigenvalue weighted by molar-refractivity contribution is 5.32. The fraction of sp³-hybridized carbons (Fsp3) is 0.0909. The molecule has 0 aliphatic rings. The highest BCUT2D eigenvalue weighted by Gasteiger charge is 2.30. The van der Waals surface area contributed by atoms with E-state index in [4.69, 9.17) is 4.74 Å². The first-order chi connectivity index (χ1) is 8.05. The molecule has 1 aromatic carbocycles. The Morgan fingerprint density at radius 1 is 1.06 bits per heavy atom. The largest absolute Gasteiger partial charge is 0.438 e. The van der Waals surface area contributed by atoms with Crippen molar-refractivity contribution < 1.29 is 17.9 Å². The Morgan fingerprint density at radius 2 is 1.88 bits per heavy atom. The van der Waals surface area contributed by atoms with Gasteiger partial charge >= 0.3 is 6.18 Å². The fourth-order valence-corrected chi connectivity index (χ4v) is 1.20. The third-order valence-electron chi connectivity index (χ3n) is 1.93. The highest BCUT2D eigenvalue weighted by Crippen LogP contribution is 2.32. The van der Waals surface area contributed by atoms with Crippen LogP contribution in [-0.2, 0) is 6.18 Å². The van der Waals surface area contributed by atoms with Gasteiger partial charge in [-0.15, -0.1) is 5.10 Å².